The van der Waals surface area contributed by atoms with Crippen LogP contribution in [-0.4, -0.2) is 156 Å². The highest BCUT2D eigenvalue weighted by atomic mass is 16.6. The Labute approximate surface area is 438 Å². The van der Waals surface area contributed by atoms with Crippen LogP contribution in [0.3, 0.4) is 0 Å². The number of hydrogen-bond acceptors (Lipinski definition) is 17. The minimum atomic E-state index is -2.67. The molecule has 418 valence electrons. The van der Waals surface area contributed by atoms with Gasteiger partial charge in [0.05, 0.1) is 38.1 Å². The number of allylic oxidation sites excluding steroid dienone is 6. The Morgan fingerprint density at radius 3 is 2.20 bits per heavy atom. The molecule has 1 amide bonds. The number of cyclic esters (lactones) is 1. The normalized spacial score (nSPS) is 39.1. The van der Waals surface area contributed by atoms with Crippen LogP contribution in [0.25, 0.3) is 0 Å². The molecule has 3 aliphatic heterocycles. The minimum Gasteiger partial charge on any atom is -0.624 e. The van der Waals surface area contributed by atoms with E-state index in [1.54, 1.807) is 40.7 Å². The largest absolute Gasteiger partial charge is 0.624 e. The first-order valence-corrected chi connectivity index (χ1v) is 26.6. The van der Waals surface area contributed by atoms with Crippen molar-refractivity contribution in [3.63, 3.8) is 0 Å². The van der Waals surface area contributed by atoms with Crippen molar-refractivity contribution in [3.05, 3.63) is 52.8 Å². The fourth-order valence-corrected chi connectivity index (χ4v) is 10.9. The zero-order valence-corrected chi connectivity index (χ0v) is 45.7. The summed E-state index contributed by atoms with van der Waals surface area (Å²) in [6.45, 7) is 11.9. The molecule has 4 rings (SSSR count). The van der Waals surface area contributed by atoms with Crippen molar-refractivity contribution in [2.45, 2.75) is 187 Å². The lowest BCUT2D eigenvalue weighted by atomic mass is 9.78. The summed E-state index contributed by atoms with van der Waals surface area (Å²) in [5, 5.41) is 58.0. The average Bonchev–Trinajstić information content (AvgIpc) is 3.37. The van der Waals surface area contributed by atoms with Crippen LogP contribution < -0.4 is 0 Å². The Morgan fingerprint density at radius 2 is 1.57 bits per heavy atom. The van der Waals surface area contributed by atoms with E-state index in [4.69, 9.17) is 28.4 Å². The lowest BCUT2D eigenvalue weighted by molar-refractivity contribution is -0.825. The third-order valence-corrected chi connectivity index (χ3v) is 16.2. The number of ether oxygens (including phenoxy) is 6. The lowest BCUT2D eigenvalue weighted by Gasteiger charge is -2.48. The molecule has 0 radical (unpaired) electrons. The van der Waals surface area contributed by atoms with Gasteiger partial charge in [-0.25, -0.2) is 9.59 Å². The molecule has 4 aliphatic rings. The molecule has 4 N–H and O–H groups in total. The smallest absolute Gasteiger partial charge is 0.388 e. The van der Waals surface area contributed by atoms with Crippen LogP contribution in [0.1, 0.15) is 132 Å². The number of esters is 2. The van der Waals surface area contributed by atoms with Crippen LogP contribution in [0, 0.1) is 46.1 Å². The number of amides is 1. The van der Waals surface area contributed by atoms with E-state index < -0.39 is 137 Å². The van der Waals surface area contributed by atoms with Crippen molar-refractivity contribution >= 4 is 35.2 Å². The van der Waals surface area contributed by atoms with Gasteiger partial charge in [-0.1, -0.05) is 71.1 Å². The molecule has 16 atom stereocenters. The molecule has 3 heterocycles. The van der Waals surface area contributed by atoms with Gasteiger partial charge in [-0.3, -0.25) is 23.8 Å². The molecule has 18 heteroatoms. The van der Waals surface area contributed by atoms with Gasteiger partial charge in [-0.2, -0.15) is 0 Å². The van der Waals surface area contributed by atoms with E-state index >= 15 is 0 Å². The lowest BCUT2D eigenvalue weighted by Crippen LogP contribution is -2.67. The highest BCUT2D eigenvalue weighted by Gasteiger charge is 2.58. The average molecular weight is 1050 g/mol. The summed E-state index contributed by atoms with van der Waals surface area (Å²) in [5.74, 6) is -11.1. The number of carbonyl (C=O) groups is 6. The summed E-state index contributed by atoms with van der Waals surface area (Å²) in [5.41, 5.74) is -0.387. The predicted molar refractivity (Wildman–Crippen MR) is 273 cm³/mol. The molecule has 2 bridgehead atoms. The molecule has 3 fully saturated rings. The van der Waals surface area contributed by atoms with Gasteiger partial charge in [-0.15, -0.1) is 0 Å². The Hall–Kier alpha value is -3.82. The first-order valence-electron chi connectivity index (χ1n) is 26.6. The topological polar surface area (TPSA) is 262 Å². The number of aliphatic hydroxyl groups excluding tert-OH is 3. The van der Waals surface area contributed by atoms with Crippen molar-refractivity contribution in [2.24, 2.45) is 40.9 Å². The third kappa shape index (κ3) is 15.4. The van der Waals surface area contributed by atoms with Gasteiger partial charge in [-0.05, 0) is 107 Å². The number of carbonyl (C=O) groups excluding carboxylic acids is 6. The van der Waals surface area contributed by atoms with E-state index in [9.17, 15) is 54.4 Å². The van der Waals surface area contributed by atoms with E-state index in [1.807, 2.05) is 44.2 Å². The minimum absolute atomic E-state index is 0.0269. The first-order chi connectivity index (χ1) is 34.8. The standard InChI is InChI=1S/C56H87NO17/c1-33-17-13-12-14-18-34(2)45(69-9)29-41-22-20-39(7)56(67,74-41)51(63)52(64)57(68)24-16-15-19-42(57)53(65)72-46(30-43(60)35(3)26-38(6)49(62)50(71-11)48(61)37(5)25-33)36(4)27-40-21-23-44(47(28-40)70-10)73-54(66)55(8,31-58)32-59/h12-14,17-18,26,33,35-37,39-42,44-47,49-50,58-59,62,67H,15-16,19-25,27-32H2,1-11H3/b14-12+,17-13-,34-18+,38-26+/t33-,35-,36-,37-,39-,40+,41+,42+,44-,45+,46+,47-,49-,50+,56-,57?/m1/s1. The molecule has 0 aromatic heterocycles. The number of ketones is 3. The number of rotatable bonds is 10. The summed E-state index contributed by atoms with van der Waals surface area (Å²) < 4.78 is 33.3. The predicted octanol–water partition coefficient (Wildman–Crippen LogP) is 5.74. The van der Waals surface area contributed by atoms with Crippen molar-refractivity contribution < 1.29 is 82.3 Å². The number of nitrogens with zero attached hydrogens (tertiary/aromatic N) is 1. The summed E-state index contributed by atoms with van der Waals surface area (Å²) >= 11 is 0. The molecule has 1 saturated carbocycles. The number of fused-ring (bicyclic) bond motifs is 3. The first kappa shape index (κ1) is 62.7. The molecular weight excluding hydrogens is 959 g/mol. The zero-order chi connectivity index (χ0) is 55.3. The van der Waals surface area contributed by atoms with Crippen LogP contribution >= 0.6 is 0 Å². The van der Waals surface area contributed by atoms with E-state index in [1.165, 1.54) is 28.3 Å². The van der Waals surface area contributed by atoms with Gasteiger partial charge in [0.15, 0.2) is 11.8 Å². The van der Waals surface area contributed by atoms with Crippen LogP contribution in [0.5, 0.6) is 0 Å². The third-order valence-electron chi connectivity index (χ3n) is 16.2. The maximum atomic E-state index is 15.0. The van der Waals surface area contributed by atoms with E-state index in [0.29, 0.717) is 50.5 Å². The Bertz CT molecular complexity index is 2060. The van der Waals surface area contributed by atoms with Crippen LogP contribution in [0.4, 0.5) is 0 Å². The van der Waals surface area contributed by atoms with Crippen molar-refractivity contribution in [1.29, 1.82) is 0 Å². The van der Waals surface area contributed by atoms with Crippen LogP contribution in [0.15, 0.2) is 47.6 Å². The van der Waals surface area contributed by atoms with Gasteiger partial charge in [0.2, 0.25) is 5.79 Å². The number of aliphatic hydroxyl groups is 4. The molecule has 0 aromatic rings. The molecule has 0 spiro atoms. The second-order valence-electron chi connectivity index (χ2n) is 22.2. The van der Waals surface area contributed by atoms with E-state index in [2.05, 4.69) is 0 Å². The Morgan fingerprint density at radius 1 is 0.878 bits per heavy atom. The molecule has 1 aliphatic carbocycles. The van der Waals surface area contributed by atoms with E-state index in [0.717, 1.165) is 5.57 Å². The van der Waals surface area contributed by atoms with Gasteiger partial charge < -0.3 is 54.1 Å². The Balaban J connectivity index is 1.72. The number of piperidine rings is 1. The maximum absolute atomic E-state index is 15.0. The highest BCUT2D eigenvalue weighted by molar-refractivity contribution is 6.36. The SMILES string of the molecule is CO[C@H]1C[C@@H]2CC[C@@H](C)[C@@](O)(O2)C(=O)C(=O)[N+]2([O-])CCCC[C@H]2C(=O)O[C@H]([C@H](C)C[C@@H]2CC[C@@H](OC(=O)C(C)(CO)CO)[C@H](OC)C2)CC(=O)[C@H](C)/C=C(\C)[C@@H](O)[C@@H](OC)C(=O)[C@H](C)C[C@H](C)\C=C/C=C/C=C/1C. The molecule has 74 heavy (non-hydrogen) atoms. The van der Waals surface area contributed by atoms with Gasteiger partial charge in [0.1, 0.15) is 35.6 Å². The zero-order valence-electron chi connectivity index (χ0n) is 45.7. The number of methoxy groups -OCH3 is 3. The number of quaternary nitrogens is 1. The quantitative estimate of drug-likeness (QED) is 0.0669. The van der Waals surface area contributed by atoms with Crippen molar-refractivity contribution in [3.8, 4) is 0 Å². The fraction of sp³-hybridized carbons (Fsp3) is 0.750. The summed E-state index contributed by atoms with van der Waals surface area (Å²) in [7, 11) is 4.35. The molecule has 2 saturated heterocycles. The number of hydrogen-bond donors (Lipinski definition) is 4. The molecule has 1 unspecified atom stereocenters. The molecule has 18 nitrogen and oxygen atoms in total. The summed E-state index contributed by atoms with van der Waals surface area (Å²) in [4.78, 5) is 84.4. The van der Waals surface area contributed by atoms with Gasteiger partial charge in [0, 0.05) is 58.3 Å². The van der Waals surface area contributed by atoms with Gasteiger partial charge in [0.25, 0.3) is 0 Å². The summed E-state index contributed by atoms with van der Waals surface area (Å²) in [6.07, 6.45) is 7.79. The summed E-state index contributed by atoms with van der Waals surface area (Å²) in [6, 6.07) is -1.71. The second kappa shape index (κ2) is 28.0. The van der Waals surface area contributed by atoms with Crippen molar-refractivity contribution in [2.75, 3.05) is 41.1 Å². The monoisotopic (exact) mass is 1050 g/mol. The second-order valence-corrected chi connectivity index (χ2v) is 22.2. The van der Waals surface area contributed by atoms with E-state index in [-0.39, 0.29) is 49.7 Å². The van der Waals surface area contributed by atoms with Crippen molar-refractivity contribution in [1.82, 2.24) is 0 Å². The fourth-order valence-electron chi connectivity index (χ4n) is 10.9. The Kier molecular flexibility index (Phi) is 23.7. The van der Waals surface area contributed by atoms with Gasteiger partial charge >= 0.3 is 23.6 Å². The molecule has 0 aromatic carbocycles. The highest BCUT2D eigenvalue weighted by Crippen LogP contribution is 2.40. The number of Topliss-reactive ketones (excluding diaryl/α,β-unsaturated/α-hetero) is 3. The maximum Gasteiger partial charge on any atom is 0.388 e. The number of hydroxylamine groups is 3. The van der Waals surface area contributed by atoms with Crippen LogP contribution in [0.2, 0.25) is 0 Å². The van der Waals surface area contributed by atoms with Crippen LogP contribution in [-0.2, 0) is 57.2 Å². The molecular formula is C56H87NO17.